The van der Waals surface area contributed by atoms with E-state index in [1.54, 1.807) is 6.07 Å². The predicted octanol–water partition coefficient (Wildman–Crippen LogP) is 2.08. The zero-order chi connectivity index (χ0) is 14.7. The van der Waals surface area contributed by atoms with Crippen LogP contribution >= 0.6 is 15.9 Å². The van der Waals surface area contributed by atoms with Crippen LogP contribution in [0.2, 0.25) is 0 Å². The number of Topliss-reactive ketones (excluding diaryl/α,β-unsaturated/α-hetero) is 1. The number of rotatable bonds is 1. The van der Waals surface area contributed by atoms with Crippen LogP contribution < -0.4 is 10.2 Å². The van der Waals surface area contributed by atoms with Gasteiger partial charge in [0.25, 0.3) is 11.7 Å². The third-order valence-corrected chi connectivity index (χ3v) is 5.41. The van der Waals surface area contributed by atoms with E-state index in [1.807, 2.05) is 6.07 Å². The fourth-order valence-corrected chi connectivity index (χ4v) is 4.44. The van der Waals surface area contributed by atoms with Gasteiger partial charge in [0.1, 0.15) is 0 Å². The maximum atomic E-state index is 11.7. The molecule has 5 nitrogen and oxygen atoms in total. The van der Waals surface area contributed by atoms with Crippen molar-refractivity contribution < 1.29 is 14.7 Å². The molecule has 0 saturated carbocycles. The van der Waals surface area contributed by atoms with Crippen molar-refractivity contribution in [2.24, 2.45) is 0 Å². The highest BCUT2D eigenvalue weighted by Gasteiger charge is 2.41. The van der Waals surface area contributed by atoms with Crippen LogP contribution in [0.5, 0.6) is 0 Å². The number of fused-ring (bicyclic) bond motifs is 3. The van der Waals surface area contributed by atoms with E-state index in [-0.39, 0.29) is 6.10 Å². The number of aliphatic hydroxyl groups excluding tert-OH is 1. The number of benzene rings is 1. The summed E-state index contributed by atoms with van der Waals surface area (Å²) >= 11 is 3.54. The summed E-state index contributed by atoms with van der Waals surface area (Å²) in [6, 6.07) is 4.28. The Hall–Kier alpha value is -1.40. The Morgan fingerprint density at radius 2 is 1.86 bits per heavy atom. The van der Waals surface area contributed by atoms with Gasteiger partial charge in [-0.3, -0.25) is 9.59 Å². The maximum Gasteiger partial charge on any atom is 0.296 e. The van der Waals surface area contributed by atoms with Crippen molar-refractivity contribution >= 4 is 39.0 Å². The van der Waals surface area contributed by atoms with Crippen molar-refractivity contribution in [1.29, 1.82) is 0 Å². The molecule has 110 valence electrons. The molecular weight excluding hydrogens is 336 g/mol. The number of hydrogen-bond acceptors (Lipinski definition) is 4. The van der Waals surface area contributed by atoms with Crippen LogP contribution in [0.15, 0.2) is 16.6 Å². The standard InChI is InChI=1S/C15H15BrN2O3/c16-11-5-10-12(17-15(21)14(10)20)6-13(11)18-7-1-2-8(18)4-9(19)3-7/h5-9,19H,1-4H2,(H,17,20,21). The second-order valence-corrected chi connectivity index (χ2v) is 6.90. The number of anilines is 2. The lowest BCUT2D eigenvalue weighted by atomic mass is 9.98. The molecule has 6 heteroatoms. The zero-order valence-electron chi connectivity index (χ0n) is 11.3. The molecule has 3 aliphatic heterocycles. The molecule has 3 aliphatic rings. The number of carbonyl (C=O) groups excluding carboxylic acids is 2. The number of carbonyl (C=O) groups is 2. The van der Waals surface area contributed by atoms with Crippen LogP contribution in [-0.2, 0) is 4.79 Å². The fraction of sp³-hybridized carbons (Fsp3) is 0.467. The molecular formula is C15H15BrN2O3. The SMILES string of the molecule is O=C1Nc2cc(N3C4CCC3CC(O)C4)c(Br)cc2C1=O. The quantitative estimate of drug-likeness (QED) is 0.760. The van der Waals surface area contributed by atoms with Crippen LogP contribution in [0, 0.1) is 0 Å². The molecule has 2 fully saturated rings. The Morgan fingerprint density at radius 1 is 1.19 bits per heavy atom. The lowest BCUT2D eigenvalue weighted by Crippen LogP contribution is -2.45. The summed E-state index contributed by atoms with van der Waals surface area (Å²) in [5.41, 5.74) is 2.02. The lowest BCUT2D eigenvalue weighted by Gasteiger charge is -2.39. The van der Waals surface area contributed by atoms with E-state index >= 15 is 0 Å². The molecule has 0 spiro atoms. The van der Waals surface area contributed by atoms with Gasteiger partial charge >= 0.3 is 0 Å². The van der Waals surface area contributed by atoms with E-state index < -0.39 is 11.7 Å². The van der Waals surface area contributed by atoms with Gasteiger partial charge in [-0.05, 0) is 53.7 Å². The summed E-state index contributed by atoms with van der Waals surface area (Å²) < 4.78 is 0.833. The second kappa shape index (κ2) is 4.55. The first-order valence-corrected chi connectivity index (χ1v) is 7.99. The van der Waals surface area contributed by atoms with Gasteiger partial charge in [0, 0.05) is 16.6 Å². The number of nitrogens with one attached hydrogen (secondary N) is 1. The third kappa shape index (κ3) is 1.92. The number of piperidine rings is 1. The van der Waals surface area contributed by atoms with Gasteiger partial charge in [-0.1, -0.05) is 0 Å². The number of amides is 1. The normalized spacial score (nSPS) is 30.6. The Kier molecular flexibility index (Phi) is 2.87. The van der Waals surface area contributed by atoms with Crippen molar-refractivity contribution in [3.63, 3.8) is 0 Å². The Balaban J connectivity index is 1.76. The van der Waals surface area contributed by atoms with E-state index in [4.69, 9.17) is 0 Å². The first-order valence-electron chi connectivity index (χ1n) is 7.20. The average Bonchev–Trinajstić information content (AvgIpc) is 2.85. The highest BCUT2D eigenvalue weighted by Crippen LogP contribution is 2.44. The minimum absolute atomic E-state index is 0.215. The smallest absolute Gasteiger partial charge is 0.296 e. The molecule has 2 unspecified atom stereocenters. The van der Waals surface area contributed by atoms with Gasteiger partial charge in [0.05, 0.1) is 23.0 Å². The van der Waals surface area contributed by atoms with Gasteiger partial charge in [-0.25, -0.2) is 0 Å². The number of nitrogens with zero attached hydrogens (tertiary/aromatic N) is 1. The number of aliphatic hydroxyl groups is 1. The van der Waals surface area contributed by atoms with E-state index in [0.29, 0.717) is 23.3 Å². The molecule has 0 aromatic heterocycles. The summed E-state index contributed by atoms with van der Waals surface area (Å²) in [6.07, 6.45) is 3.51. The summed E-state index contributed by atoms with van der Waals surface area (Å²) in [5, 5.41) is 12.5. The van der Waals surface area contributed by atoms with Gasteiger partial charge in [0.2, 0.25) is 0 Å². The highest BCUT2D eigenvalue weighted by atomic mass is 79.9. The molecule has 0 radical (unpaired) electrons. The molecule has 1 aromatic carbocycles. The Bertz CT molecular complexity index is 647. The molecule has 1 amide bonds. The minimum Gasteiger partial charge on any atom is -0.393 e. The van der Waals surface area contributed by atoms with E-state index in [0.717, 1.165) is 35.8 Å². The third-order valence-electron chi connectivity index (χ3n) is 4.77. The topological polar surface area (TPSA) is 69.6 Å². The molecule has 21 heavy (non-hydrogen) atoms. The van der Waals surface area contributed by atoms with E-state index in [2.05, 4.69) is 26.1 Å². The first kappa shape index (κ1) is 13.3. The van der Waals surface area contributed by atoms with Crippen molar-refractivity contribution in [2.75, 3.05) is 10.2 Å². The van der Waals surface area contributed by atoms with Crippen LogP contribution in [0.3, 0.4) is 0 Å². The fourth-order valence-electron chi connectivity index (χ4n) is 3.89. The van der Waals surface area contributed by atoms with Crippen LogP contribution in [0.25, 0.3) is 0 Å². The second-order valence-electron chi connectivity index (χ2n) is 6.05. The first-order chi connectivity index (χ1) is 10.0. The summed E-state index contributed by atoms with van der Waals surface area (Å²) in [7, 11) is 0. The van der Waals surface area contributed by atoms with Gasteiger partial charge in [0.15, 0.2) is 0 Å². The van der Waals surface area contributed by atoms with Crippen LogP contribution in [0.4, 0.5) is 11.4 Å². The summed E-state index contributed by atoms with van der Waals surface area (Å²) in [4.78, 5) is 25.6. The van der Waals surface area contributed by atoms with E-state index in [1.165, 1.54) is 0 Å². The highest BCUT2D eigenvalue weighted by molar-refractivity contribution is 9.10. The summed E-state index contributed by atoms with van der Waals surface area (Å²) in [6.45, 7) is 0. The largest absolute Gasteiger partial charge is 0.393 e. The maximum absolute atomic E-state index is 11.7. The number of halogens is 1. The van der Waals surface area contributed by atoms with E-state index in [9.17, 15) is 14.7 Å². The summed E-state index contributed by atoms with van der Waals surface area (Å²) in [5.74, 6) is -1.04. The predicted molar refractivity (Wildman–Crippen MR) is 81.6 cm³/mol. The van der Waals surface area contributed by atoms with Gasteiger partial charge < -0.3 is 15.3 Å². The van der Waals surface area contributed by atoms with Crippen molar-refractivity contribution in [2.45, 2.75) is 43.9 Å². The van der Waals surface area contributed by atoms with Gasteiger partial charge in [-0.2, -0.15) is 0 Å². The Labute approximate surface area is 130 Å². The van der Waals surface area contributed by atoms with Crippen LogP contribution in [-0.4, -0.2) is 35.0 Å². The molecule has 1 aromatic rings. The van der Waals surface area contributed by atoms with Crippen molar-refractivity contribution in [3.8, 4) is 0 Å². The minimum atomic E-state index is -0.564. The molecule has 4 rings (SSSR count). The monoisotopic (exact) mass is 350 g/mol. The molecule has 3 heterocycles. The van der Waals surface area contributed by atoms with Crippen molar-refractivity contribution in [1.82, 2.24) is 0 Å². The lowest BCUT2D eigenvalue weighted by molar-refractivity contribution is -0.112. The van der Waals surface area contributed by atoms with Gasteiger partial charge in [-0.15, -0.1) is 0 Å². The average molecular weight is 351 g/mol. The molecule has 2 bridgehead atoms. The molecule has 2 atom stereocenters. The van der Waals surface area contributed by atoms with Crippen LogP contribution in [0.1, 0.15) is 36.0 Å². The molecule has 0 aliphatic carbocycles. The zero-order valence-corrected chi connectivity index (χ0v) is 12.9. The Morgan fingerprint density at radius 3 is 2.52 bits per heavy atom. The number of hydrogen-bond donors (Lipinski definition) is 2. The molecule has 2 N–H and O–H groups in total. The number of ketones is 1. The van der Waals surface area contributed by atoms with Crippen molar-refractivity contribution in [3.05, 3.63) is 22.2 Å². The molecule has 2 saturated heterocycles.